The smallest absolute Gasteiger partial charge is 0.339 e. The van der Waals surface area contributed by atoms with Gasteiger partial charge in [-0.2, -0.15) is 5.10 Å². The number of hydrogen-bond donors (Lipinski definition) is 2. The normalized spacial score (nSPS) is 29.0. The van der Waals surface area contributed by atoms with Gasteiger partial charge in [0.2, 0.25) is 0 Å². The first-order chi connectivity index (χ1) is 9.15. The SMILES string of the molecule is Cn1ncc(C(=O)O)c1CNCC1CC2CCC1C2. The highest BCUT2D eigenvalue weighted by Gasteiger charge is 2.38. The first-order valence-electron chi connectivity index (χ1n) is 7.10. The third kappa shape index (κ3) is 2.39. The Morgan fingerprint density at radius 3 is 3.00 bits per heavy atom. The summed E-state index contributed by atoms with van der Waals surface area (Å²) in [6.07, 6.45) is 7.01. The Morgan fingerprint density at radius 1 is 1.53 bits per heavy atom. The minimum absolute atomic E-state index is 0.308. The number of carbonyl (C=O) groups is 1. The molecule has 0 aromatic carbocycles. The molecule has 2 saturated carbocycles. The van der Waals surface area contributed by atoms with Crippen LogP contribution in [0.15, 0.2) is 6.20 Å². The molecule has 0 spiro atoms. The molecule has 19 heavy (non-hydrogen) atoms. The summed E-state index contributed by atoms with van der Waals surface area (Å²) in [6.45, 7) is 1.59. The van der Waals surface area contributed by atoms with Crippen molar-refractivity contribution in [3.8, 4) is 0 Å². The summed E-state index contributed by atoms with van der Waals surface area (Å²) < 4.78 is 1.65. The molecule has 2 N–H and O–H groups in total. The first kappa shape index (κ1) is 12.7. The van der Waals surface area contributed by atoms with Crippen LogP contribution >= 0.6 is 0 Å². The highest BCUT2D eigenvalue weighted by atomic mass is 16.4. The van der Waals surface area contributed by atoms with Gasteiger partial charge in [0, 0.05) is 13.6 Å². The van der Waals surface area contributed by atoms with Gasteiger partial charge in [-0.25, -0.2) is 4.79 Å². The molecule has 3 atom stereocenters. The fourth-order valence-electron chi connectivity index (χ4n) is 3.85. The third-order valence-corrected chi connectivity index (χ3v) is 4.88. The fraction of sp³-hybridized carbons (Fsp3) is 0.714. The van der Waals surface area contributed by atoms with E-state index in [1.807, 2.05) is 0 Å². The lowest BCUT2D eigenvalue weighted by molar-refractivity contribution is 0.0695. The van der Waals surface area contributed by atoms with E-state index in [9.17, 15) is 4.79 Å². The third-order valence-electron chi connectivity index (χ3n) is 4.88. The van der Waals surface area contributed by atoms with Crippen LogP contribution in [0.4, 0.5) is 0 Å². The van der Waals surface area contributed by atoms with Gasteiger partial charge >= 0.3 is 5.97 Å². The van der Waals surface area contributed by atoms with E-state index >= 15 is 0 Å². The number of fused-ring (bicyclic) bond motifs is 2. The molecule has 0 amide bonds. The number of carboxylic acids is 1. The Labute approximate surface area is 113 Å². The summed E-state index contributed by atoms with van der Waals surface area (Å²) in [7, 11) is 1.79. The van der Waals surface area contributed by atoms with E-state index in [0.717, 1.165) is 30.0 Å². The Bertz CT molecular complexity index is 483. The van der Waals surface area contributed by atoms with Gasteiger partial charge in [0.1, 0.15) is 5.56 Å². The van der Waals surface area contributed by atoms with Crippen LogP contribution in [0.5, 0.6) is 0 Å². The van der Waals surface area contributed by atoms with E-state index in [0.29, 0.717) is 12.1 Å². The quantitative estimate of drug-likeness (QED) is 0.847. The zero-order chi connectivity index (χ0) is 13.4. The Hall–Kier alpha value is -1.36. The molecule has 2 bridgehead atoms. The minimum atomic E-state index is -0.898. The maximum atomic E-state index is 11.1. The molecule has 2 fully saturated rings. The molecular formula is C14H21N3O2. The number of aromatic carboxylic acids is 1. The summed E-state index contributed by atoms with van der Waals surface area (Å²) in [6, 6.07) is 0. The van der Waals surface area contributed by atoms with Crippen molar-refractivity contribution in [2.45, 2.75) is 32.2 Å². The topological polar surface area (TPSA) is 67.2 Å². The number of nitrogens with one attached hydrogen (secondary N) is 1. The van der Waals surface area contributed by atoms with Gasteiger partial charge in [0.15, 0.2) is 0 Å². The molecule has 0 aliphatic heterocycles. The Kier molecular flexibility index (Phi) is 3.31. The molecule has 3 unspecified atom stereocenters. The number of aromatic nitrogens is 2. The highest BCUT2D eigenvalue weighted by molar-refractivity contribution is 5.88. The zero-order valence-corrected chi connectivity index (χ0v) is 11.3. The lowest BCUT2D eigenvalue weighted by atomic mass is 9.89. The van der Waals surface area contributed by atoms with Crippen LogP contribution < -0.4 is 5.32 Å². The van der Waals surface area contributed by atoms with E-state index in [4.69, 9.17) is 5.11 Å². The second kappa shape index (κ2) is 4.96. The van der Waals surface area contributed by atoms with Gasteiger partial charge < -0.3 is 10.4 Å². The van der Waals surface area contributed by atoms with Crippen molar-refractivity contribution in [2.24, 2.45) is 24.8 Å². The zero-order valence-electron chi connectivity index (χ0n) is 11.3. The van der Waals surface area contributed by atoms with Gasteiger partial charge in [-0.15, -0.1) is 0 Å². The molecule has 1 heterocycles. The van der Waals surface area contributed by atoms with Crippen molar-refractivity contribution in [2.75, 3.05) is 6.54 Å². The number of rotatable bonds is 5. The molecule has 2 aliphatic carbocycles. The largest absolute Gasteiger partial charge is 0.478 e. The first-order valence-corrected chi connectivity index (χ1v) is 7.10. The average Bonchev–Trinajstić information content (AvgIpc) is 3.05. The van der Waals surface area contributed by atoms with Crippen LogP contribution in [0, 0.1) is 17.8 Å². The van der Waals surface area contributed by atoms with E-state index < -0.39 is 5.97 Å². The molecular weight excluding hydrogens is 242 g/mol. The fourth-order valence-corrected chi connectivity index (χ4v) is 3.85. The molecule has 2 aliphatic rings. The second-order valence-corrected chi connectivity index (χ2v) is 6.00. The predicted molar refractivity (Wildman–Crippen MR) is 70.8 cm³/mol. The number of hydrogen-bond acceptors (Lipinski definition) is 3. The van der Waals surface area contributed by atoms with Crippen LogP contribution in [-0.2, 0) is 13.6 Å². The van der Waals surface area contributed by atoms with E-state index in [-0.39, 0.29) is 0 Å². The maximum absolute atomic E-state index is 11.1. The summed E-state index contributed by atoms with van der Waals surface area (Å²) in [5.41, 5.74) is 1.07. The minimum Gasteiger partial charge on any atom is -0.478 e. The van der Waals surface area contributed by atoms with Crippen LogP contribution in [-0.4, -0.2) is 27.4 Å². The Balaban J connectivity index is 1.55. The predicted octanol–water partition coefficient (Wildman–Crippen LogP) is 1.64. The van der Waals surface area contributed by atoms with Crippen LogP contribution in [0.25, 0.3) is 0 Å². The number of nitrogens with zero attached hydrogens (tertiary/aromatic N) is 2. The van der Waals surface area contributed by atoms with Crippen molar-refractivity contribution >= 4 is 5.97 Å². The second-order valence-electron chi connectivity index (χ2n) is 6.00. The van der Waals surface area contributed by atoms with Gasteiger partial charge in [-0.1, -0.05) is 6.42 Å². The number of carboxylic acid groups (broad SMARTS) is 1. The van der Waals surface area contributed by atoms with Crippen molar-refractivity contribution < 1.29 is 9.90 Å². The van der Waals surface area contributed by atoms with Crippen molar-refractivity contribution in [1.29, 1.82) is 0 Å². The molecule has 0 radical (unpaired) electrons. The number of aryl methyl sites for hydroxylation is 1. The van der Waals surface area contributed by atoms with E-state index in [1.54, 1.807) is 11.7 Å². The average molecular weight is 263 g/mol. The van der Waals surface area contributed by atoms with Crippen LogP contribution in [0.1, 0.15) is 41.7 Å². The van der Waals surface area contributed by atoms with Gasteiger partial charge in [-0.3, -0.25) is 4.68 Å². The molecule has 0 saturated heterocycles. The molecule has 1 aromatic rings. The van der Waals surface area contributed by atoms with Gasteiger partial charge in [0.25, 0.3) is 0 Å². The molecule has 104 valence electrons. The van der Waals surface area contributed by atoms with Crippen LogP contribution in [0.2, 0.25) is 0 Å². The van der Waals surface area contributed by atoms with Crippen molar-refractivity contribution in [1.82, 2.24) is 15.1 Å². The molecule has 5 nitrogen and oxygen atoms in total. The van der Waals surface area contributed by atoms with E-state index in [2.05, 4.69) is 10.4 Å². The maximum Gasteiger partial charge on any atom is 0.339 e. The summed E-state index contributed by atoms with van der Waals surface area (Å²) in [5, 5.41) is 16.5. The summed E-state index contributed by atoms with van der Waals surface area (Å²) in [5.74, 6) is 1.76. The summed E-state index contributed by atoms with van der Waals surface area (Å²) in [4.78, 5) is 11.1. The standard InChI is InChI=1S/C14H21N3O2/c1-17-13(12(7-16-17)14(18)19)8-15-6-11-5-9-2-3-10(11)4-9/h7,9-11,15H,2-6,8H2,1H3,(H,18,19). The van der Waals surface area contributed by atoms with Gasteiger partial charge in [0.05, 0.1) is 11.9 Å². The summed E-state index contributed by atoms with van der Waals surface area (Å²) >= 11 is 0. The molecule has 3 rings (SSSR count). The van der Waals surface area contributed by atoms with Crippen molar-refractivity contribution in [3.05, 3.63) is 17.5 Å². The monoisotopic (exact) mass is 263 g/mol. The Morgan fingerprint density at radius 2 is 2.37 bits per heavy atom. The lowest BCUT2D eigenvalue weighted by Crippen LogP contribution is -2.27. The van der Waals surface area contributed by atoms with Crippen molar-refractivity contribution in [3.63, 3.8) is 0 Å². The van der Waals surface area contributed by atoms with Crippen LogP contribution in [0.3, 0.4) is 0 Å². The van der Waals surface area contributed by atoms with E-state index in [1.165, 1.54) is 31.9 Å². The van der Waals surface area contributed by atoms with Gasteiger partial charge in [-0.05, 0) is 43.6 Å². The lowest BCUT2D eigenvalue weighted by Gasteiger charge is -2.22. The molecule has 1 aromatic heterocycles. The highest BCUT2D eigenvalue weighted by Crippen LogP contribution is 2.47. The molecule has 5 heteroatoms.